The first-order valence-electron chi connectivity index (χ1n) is 8.24. The number of aromatic amines is 1. The van der Waals surface area contributed by atoms with Crippen molar-refractivity contribution >= 4 is 10.9 Å². The highest BCUT2D eigenvalue weighted by molar-refractivity contribution is 5.77. The molecule has 1 aromatic heterocycles. The maximum atomic E-state index is 12.1. The van der Waals surface area contributed by atoms with Gasteiger partial charge in [0.15, 0.2) is 0 Å². The molecule has 2 saturated heterocycles. The minimum absolute atomic E-state index is 0.0306. The zero-order valence-electron chi connectivity index (χ0n) is 12.8. The Morgan fingerprint density at radius 1 is 1.18 bits per heavy atom. The van der Waals surface area contributed by atoms with Gasteiger partial charge in [0.2, 0.25) is 0 Å². The predicted molar refractivity (Wildman–Crippen MR) is 86.9 cm³/mol. The summed E-state index contributed by atoms with van der Waals surface area (Å²) in [6.45, 7) is 5.29. The lowest BCUT2D eigenvalue weighted by Gasteiger charge is -2.43. The summed E-state index contributed by atoms with van der Waals surface area (Å²) in [7, 11) is 0. The average Bonchev–Trinajstić information content (AvgIpc) is 2.55. The molecule has 1 atom stereocenters. The van der Waals surface area contributed by atoms with E-state index >= 15 is 0 Å². The van der Waals surface area contributed by atoms with Gasteiger partial charge < -0.3 is 4.98 Å². The Morgan fingerprint density at radius 3 is 3.05 bits per heavy atom. The zero-order valence-corrected chi connectivity index (χ0v) is 12.8. The summed E-state index contributed by atoms with van der Waals surface area (Å²) in [5.74, 6) is 0.785. The van der Waals surface area contributed by atoms with E-state index in [4.69, 9.17) is 0 Å². The molecule has 4 rings (SSSR count). The van der Waals surface area contributed by atoms with Gasteiger partial charge in [0.05, 0.1) is 17.4 Å². The quantitative estimate of drug-likeness (QED) is 0.915. The number of nitrogens with zero attached hydrogens (tertiary/aromatic N) is 3. The van der Waals surface area contributed by atoms with E-state index < -0.39 is 0 Å². The Hall–Kier alpha value is -1.72. The topological polar surface area (TPSA) is 52.2 Å². The van der Waals surface area contributed by atoms with Gasteiger partial charge in [-0.1, -0.05) is 18.6 Å². The average molecular weight is 298 g/mol. The fraction of sp³-hybridized carbons (Fsp3) is 0.529. The molecule has 5 nitrogen and oxygen atoms in total. The number of nitrogens with one attached hydrogen (secondary N) is 1. The first kappa shape index (κ1) is 13.9. The largest absolute Gasteiger partial charge is 0.309 e. The number of hydrogen-bond donors (Lipinski definition) is 1. The molecule has 5 heteroatoms. The molecule has 2 aliphatic rings. The van der Waals surface area contributed by atoms with Crippen LogP contribution in [0, 0.1) is 0 Å². The number of hydrogen-bond acceptors (Lipinski definition) is 4. The maximum Gasteiger partial charge on any atom is 0.258 e. The molecular weight excluding hydrogens is 276 g/mol. The molecule has 0 unspecified atom stereocenters. The Labute approximate surface area is 130 Å². The molecule has 22 heavy (non-hydrogen) atoms. The second-order valence-electron chi connectivity index (χ2n) is 6.45. The van der Waals surface area contributed by atoms with Gasteiger partial charge in [-0.25, -0.2) is 4.98 Å². The molecule has 0 spiro atoms. The SMILES string of the molecule is O=c1[nH]c(CN2CCN3CCCC[C@@H]3C2)nc2ccccc12. The van der Waals surface area contributed by atoms with Crippen molar-refractivity contribution < 1.29 is 0 Å². The smallest absolute Gasteiger partial charge is 0.258 e. The molecule has 2 aliphatic heterocycles. The zero-order chi connectivity index (χ0) is 14.9. The van der Waals surface area contributed by atoms with E-state index in [0.29, 0.717) is 11.4 Å². The lowest BCUT2D eigenvalue weighted by molar-refractivity contribution is 0.0445. The van der Waals surface area contributed by atoms with Crippen LogP contribution in [-0.4, -0.2) is 52.0 Å². The molecule has 0 radical (unpaired) electrons. The summed E-state index contributed by atoms with van der Waals surface area (Å²) in [5, 5.41) is 0.670. The van der Waals surface area contributed by atoms with Crippen LogP contribution >= 0.6 is 0 Å². The van der Waals surface area contributed by atoms with Crippen LogP contribution in [0.1, 0.15) is 25.1 Å². The van der Waals surface area contributed by atoms with Gasteiger partial charge in [0.25, 0.3) is 5.56 Å². The summed E-state index contributed by atoms with van der Waals surface area (Å²) in [5.41, 5.74) is 0.759. The Bertz CT molecular complexity index is 726. The number of benzene rings is 1. The molecule has 0 amide bonds. The van der Waals surface area contributed by atoms with Gasteiger partial charge in [-0.2, -0.15) is 0 Å². The van der Waals surface area contributed by atoms with Crippen LogP contribution in [0.2, 0.25) is 0 Å². The summed E-state index contributed by atoms with van der Waals surface area (Å²) < 4.78 is 0. The number of piperazine rings is 1. The Balaban J connectivity index is 1.52. The minimum atomic E-state index is -0.0306. The van der Waals surface area contributed by atoms with Crippen molar-refractivity contribution in [3.05, 3.63) is 40.4 Å². The number of para-hydroxylation sites is 1. The Kier molecular flexibility index (Phi) is 3.68. The standard InChI is InChI=1S/C17H22N4O/c22-17-14-6-1-2-7-15(14)18-16(19-17)12-20-9-10-21-8-4-3-5-13(21)11-20/h1-2,6-7,13H,3-5,8-12H2,(H,18,19,22)/t13-/m1/s1. The predicted octanol–water partition coefficient (Wildman–Crippen LogP) is 1.59. The van der Waals surface area contributed by atoms with Crippen molar-refractivity contribution in [2.75, 3.05) is 26.2 Å². The normalized spacial score (nSPS) is 23.5. The highest BCUT2D eigenvalue weighted by Gasteiger charge is 2.28. The van der Waals surface area contributed by atoms with Crippen LogP contribution in [0.5, 0.6) is 0 Å². The van der Waals surface area contributed by atoms with Crippen LogP contribution in [0.25, 0.3) is 10.9 Å². The fourth-order valence-electron chi connectivity index (χ4n) is 3.79. The van der Waals surface area contributed by atoms with E-state index in [-0.39, 0.29) is 5.56 Å². The van der Waals surface area contributed by atoms with Crippen molar-refractivity contribution in [2.45, 2.75) is 31.8 Å². The molecule has 0 saturated carbocycles. The lowest BCUT2D eigenvalue weighted by Crippen LogP contribution is -2.54. The number of aromatic nitrogens is 2. The van der Waals surface area contributed by atoms with Crippen LogP contribution in [0.4, 0.5) is 0 Å². The van der Waals surface area contributed by atoms with E-state index in [9.17, 15) is 4.79 Å². The summed E-state index contributed by atoms with van der Waals surface area (Å²) in [6.07, 6.45) is 3.99. The van der Waals surface area contributed by atoms with Crippen LogP contribution in [-0.2, 0) is 6.54 Å². The number of piperidine rings is 1. The third kappa shape index (κ3) is 2.66. The van der Waals surface area contributed by atoms with Crippen LogP contribution < -0.4 is 5.56 Å². The molecule has 2 fully saturated rings. The third-order valence-corrected chi connectivity index (χ3v) is 4.96. The molecule has 0 bridgehead atoms. The summed E-state index contributed by atoms with van der Waals surface area (Å²) in [4.78, 5) is 24.8. The van der Waals surface area contributed by atoms with Crippen molar-refractivity contribution in [1.82, 2.24) is 19.8 Å². The fourth-order valence-corrected chi connectivity index (χ4v) is 3.79. The maximum absolute atomic E-state index is 12.1. The van der Waals surface area contributed by atoms with Crippen LogP contribution in [0.15, 0.2) is 29.1 Å². The highest BCUT2D eigenvalue weighted by atomic mass is 16.1. The van der Waals surface area contributed by atoms with Crippen LogP contribution in [0.3, 0.4) is 0 Å². The second-order valence-corrected chi connectivity index (χ2v) is 6.45. The summed E-state index contributed by atoms with van der Waals surface area (Å²) >= 11 is 0. The molecular formula is C17H22N4O. The number of rotatable bonds is 2. The number of fused-ring (bicyclic) bond motifs is 2. The third-order valence-electron chi connectivity index (χ3n) is 4.96. The van der Waals surface area contributed by atoms with Crippen molar-refractivity contribution in [3.8, 4) is 0 Å². The van der Waals surface area contributed by atoms with E-state index in [2.05, 4.69) is 19.8 Å². The van der Waals surface area contributed by atoms with Gasteiger partial charge in [-0.05, 0) is 31.5 Å². The van der Waals surface area contributed by atoms with Crippen molar-refractivity contribution in [2.24, 2.45) is 0 Å². The van der Waals surface area contributed by atoms with Gasteiger partial charge >= 0.3 is 0 Å². The second kappa shape index (κ2) is 5.82. The lowest BCUT2D eigenvalue weighted by atomic mass is 9.99. The van der Waals surface area contributed by atoms with E-state index in [1.165, 1.54) is 25.8 Å². The monoisotopic (exact) mass is 298 g/mol. The molecule has 3 heterocycles. The van der Waals surface area contributed by atoms with Gasteiger partial charge in [-0.3, -0.25) is 14.6 Å². The van der Waals surface area contributed by atoms with Crippen molar-refractivity contribution in [1.29, 1.82) is 0 Å². The first-order chi connectivity index (χ1) is 10.8. The number of H-pyrrole nitrogens is 1. The van der Waals surface area contributed by atoms with Gasteiger partial charge in [0.1, 0.15) is 5.82 Å². The molecule has 116 valence electrons. The molecule has 2 aromatic rings. The minimum Gasteiger partial charge on any atom is -0.309 e. The van der Waals surface area contributed by atoms with Gasteiger partial charge in [-0.15, -0.1) is 0 Å². The molecule has 1 N–H and O–H groups in total. The van der Waals surface area contributed by atoms with E-state index in [1.54, 1.807) is 0 Å². The molecule has 1 aromatic carbocycles. The van der Waals surface area contributed by atoms with E-state index in [1.807, 2.05) is 24.3 Å². The molecule has 0 aliphatic carbocycles. The van der Waals surface area contributed by atoms with E-state index in [0.717, 1.165) is 37.5 Å². The Morgan fingerprint density at radius 2 is 2.09 bits per heavy atom. The summed E-state index contributed by atoms with van der Waals surface area (Å²) in [6, 6.07) is 8.23. The first-order valence-corrected chi connectivity index (χ1v) is 8.24. The van der Waals surface area contributed by atoms with Gasteiger partial charge in [0, 0.05) is 25.7 Å². The van der Waals surface area contributed by atoms with Crippen molar-refractivity contribution in [3.63, 3.8) is 0 Å². The highest BCUT2D eigenvalue weighted by Crippen LogP contribution is 2.21.